The fourth-order valence-electron chi connectivity index (χ4n) is 2.46. The summed E-state index contributed by atoms with van der Waals surface area (Å²) in [5.41, 5.74) is 5.96. The van der Waals surface area contributed by atoms with Gasteiger partial charge in [0.15, 0.2) is 11.6 Å². The van der Waals surface area contributed by atoms with Gasteiger partial charge in [0, 0.05) is 28.4 Å². The van der Waals surface area contributed by atoms with Crippen molar-refractivity contribution >= 4 is 28.5 Å². The highest BCUT2D eigenvalue weighted by molar-refractivity contribution is 8.00. The predicted molar refractivity (Wildman–Crippen MR) is 96.7 cm³/mol. The number of nitrogen functional groups attached to an aromatic ring is 1. The predicted octanol–water partition coefficient (Wildman–Crippen LogP) is 5.02. The number of aromatic amines is 1. The number of fused-ring (bicyclic) bond motifs is 1. The van der Waals surface area contributed by atoms with Crippen LogP contribution >= 0.6 is 11.8 Å². The second kappa shape index (κ2) is 6.76. The molecule has 130 valence electrons. The van der Waals surface area contributed by atoms with E-state index in [1.54, 1.807) is 6.20 Å². The van der Waals surface area contributed by atoms with Crippen molar-refractivity contribution in [1.82, 2.24) is 4.98 Å². The van der Waals surface area contributed by atoms with Crippen LogP contribution in [0.1, 0.15) is 19.4 Å². The normalized spacial score (nSPS) is 11.2. The first kappa shape index (κ1) is 17.3. The van der Waals surface area contributed by atoms with Crippen molar-refractivity contribution < 1.29 is 13.5 Å². The molecular formula is C18H17F2N3OS. The summed E-state index contributed by atoms with van der Waals surface area (Å²) < 4.78 is 34.1. The molecule has 0 fully saturated rings. The van der Waals surface area contributed by atoms with Crippen LogP contribution in [0.4, 0.5) is 8.78 Å². The number of ether oxygens (including phenoxy) is 1. The average molecular weight is 361 g/mol. The van der Waals surface area contributed by atoms with E-state index in [1.807, 2.05) is 19.9 Å². The van der Waals surface area contributed by atoms with Crippen LogP contribution in [0.25, 0.3) is 10.9 Å². The molecule has 0 aliphatic rings. The summed E-state index contributed by atoms with van der Waals surface area (Å²) in [5.74, 6) is -1.27. The summed E-state index contributed by atoms with van der Waals surface area (Å²) in [4.78, 5) is 3.66. The molecule has 0 saturated heterocycles. The van der Waals surface area contributed by atoms with Gasteiger partial charge in [0.05, 0.1) is 10.5 Å². The van der Waals surface area contributed by atoms with Crippen LogP contribution in [0.3, 0.4) is 0 Å². The van der Waals surface area contributed by atoms with Gasteiger partial charge < -0.3 is 15.5 Å². The van der Waals surface area contributed by atoms with Crippen LogP contribution in [-0.4, -0.2) is 16.1 Å². The molecule has 0 bridgehead atoms. The first-order valence-electron chi connectivity index (χ1n) is 7.65. The number of hydrogen-bond donors (Lipinski definition) is 3. The standard InChI is InChI=1S/C18H17F2N3OS/c1-9(2)25-17-11-5-6-23-15(11)8-14(20)16(17)24-10-3-4-13(19)12(7-10)18(21)22/h3-9,23H,1-2H3,(H3,21,22). The number of hydrogen-bond acceptors (Lipinski definition) is 3. The quantitative estimate of drug-likeness (QED) is 0.339. The Hall–Kier alpha value is -2.54. The minimum Gasteiger partial charge on any atom is -0.453 e. The molecule has 3 aromatic rings. The third-order valence-electron chi connectivity index (χ3n) is 3.52. The first-order chi connectivity index (χ1) is 11.9. The lowest BCUT2D eigenvalue weighted by Crippen LogP contribution is -2.13. The maximum Gasteiger partial charge on any atom is 0.177 e. The summed E-state index contributed by atoms with van der Waals surface area (Å²) in [6.45, 7) is 4.01. The van der Waals surface area contributed by atoms with Crippen LogP contribution in [-0.2, 0) is 0 Å². The molecule has 0 radical (unpaired) electrons. The van der Waals surface area contributed by atoms with Gasteiger partial charge >= 0.3 is 0 Å². The van der Waals surface area contributed by atoms with E-state index in [0.717, 1.165) is 11.5 Å². The lowest BCUT2D eigenvalue weighted by Gasteiger charge is -2.15. The number of nitrogens with one attached hydrogen (secondary N) is 2. The van der Waals surface area contributed by atoms with Gasteiger partial charge in [-0.3, -0.25) is 5.41 Å². The van der Waals surface area contributed by atoms with Gasteiger partial charge in [-0.15, -0.1) is 11.8 Å². The summed E-state index contributed by atoms with van der Waals surface area (Å²) >= 11 is 1.48. The molecule has 0 atom stereocenters. The van der Waals surface area contributed by atoms with Gasteiger partial charge in [-0.25, -0.2) is 8.78 Å². The van der Waals surface area contributed by atoms with Crippen LogP contribution in [0.15, 0.2) is 41.4 Å². The Bertz CT molecular complexity index is 953. The van der Waals surface area contributed by atoms with E-state index < -0.39 is 17.5 Å². The van der Waals surface area contributed by atoms with Gasteiger partial charge in [-0.1, -0.05) is 13.8 Å². The van der Waals surface area contributed by atoms with E-state index in [2.05, 4.69) is 4.98 Å². The van der Waals surface area contributed by atoms with Gasteiger partial charge in [-0.05, 0) is 24.3 Å². The molecule has 25 heavy (non-hydrogen) atoms. The molecule has 2 aromatic carbocycles. The number of thioether (sulfide) groups is 1. The Labute approximate surface area is 147 Å². The molecule has 4 nitrogen and oxygen atoms in total. The molecule has 7 heteroatoms. The molecule has 1 aromatic heterocycles. The number of H-pyrrole nitrogens is 1. The van der Waals surface area contributed by atoms with Crippen molar-refractivity contribution in [3.8, 4) is 11.5 Å². The number of nitrogens with two attached hydrogens (primary N) is 1. The van der Waals surface area contributed by atoms with Crippen molar-refractivity contribution in [2.24, 2.45) is 5.73 Å². The second-order valence-electron chi connectivity index (χ2n) is 5.78. The maximum absolute atomic E-state index is 14.6. The summed E-state index contributed by atoms with van der Waals surface area (Å²) in [5, 5.41) is 8.48. The van der Waals surface area contributed by atoms with Crippen molar-refractivity contribution in [2.45, 2.75) is 24.0 Å². The smallest absolute Gasteiger partial charge is 0.177 e. The molecule has 0 spiro atoms. The largest absolute Gasteiger partial charge is 0.453 e. The molecule has 0 amide bonds. The molecule has 1 heterocycles. The zero-order valence-electron chi connectivity index (χ0n) is 13.7. The fourth-order valence-corrected chi connectivity index (χ4v) is 3.49. The molecule has 0 saturated carbocycles. The average Bonchev–Trinajstić information content (AvgIpc) is 2.99. The molecule has 0 aliphatic heterocycles. The lowest BCUT2D eigenvalue weighted by molar-refractivity contribution is 0.431. The Morgan fingerprint density at radius 3 is 2.64 bits per heavy atom. The second-order valence-corrected chi connectivity index (χ2v) is 7.37. The van der Waals surface area contributed by atoms with Crippen molar-refractivity contribution in [1.29, 1.82) is 5.41 Å². The van der Waals surface area contributed by atoms with Crippen LogP contribution in [0.2, 0.25) is 0 Å². The number of aromatic nitrogens is 1. The number of benzene rings is 2. The minimum absolute atomic E-state index is 0.0758. The summed E-state index contributed by atoms with van der Waals surface area (Å²) in [6, 6.07) is 7.05. The van der Waals surface area contributed by atoms with Crippen molar-refractivity contribution in [3.05, 3.63) is 53.7 Å². The molecule has 0 aliphatic carbocycles. The van der Waals surface area contributed by atoms with E-state index in [0.29, 0.717) is 10.4 Å². The molecular weight excluding hydrogens is 344 g/mol. The Morgan fingerprint density at radius 2 is 1.96 bits per heavy atom. The van der Waals surface area contributed by atoms with Gasteiger partial charge in [-0.2, -0.15) is 0 Å². The topological polar surface area (TPSA) is 74.9 Å². The minimum atomic E-state index is -0.627. The Balaban J connectivity index is 2.10. The number of rotatable bonds is 5. The zero-order valence-corrected chi connectivity index (χ0v) is 14.5. The highest BCUT2D eigenvalue weighted by Crippen LogP contribution is 2.42. The highest BCUT2D eigenvalue weighted by Gasteiger charge is 2.19. The van der Waals surface area contributed by atoms with Crippen LogP contribution < -0.4 is 10.5 Å². The highest BCUT2D eigenvalue weighted by atomic mass is 32.2. The van der Waals surface area contributed by atoms with Crippen molar-refractivity contribution in [3.63, 3.8) is 0 Å². The number of halogens is 2. The van der Waals surface area contributed by atoms with Gasteiger partial charge in [0.2, 0.25) is 0 Å². The Morgan fingerprint density at radius 1 is 1.20 bits per heavy atom. The van der Waals surface area contributed by atoms with Crippen LogP contribution in [0, 0.1) is 17.0 Å². The van der Waals surface area contributed by atoms with Crippen molar-refractivity contribution in [2.75, 3.05) is 0 Å². The maximum atomic E-state index is 14.6. The van der Waals surface area contributed by atoms with E-state index >= 15 is 0 Å². The SMILES string of the molecule is CC(C)Sc1c(Oc2ccc(F)c(C(=N)N)c2)c(F)cc2[nH]ccc12. The van der Waals surface area contributed by atoms with Gasteiger partial charge in [0.1, 0.15) is 17.4 Å². The third-order valence-corrected chi connectivity index (χ3v) is 4.63. The molecule has 3 rings (SSSR count). The van der Waals surface area contributed by atoms with E-state index in [1.165, 1.54) is 30.0 Å². The van der Waals surface area contributed by atoms with E-state index in [-0.39, 0.29) is 22.3 Å². The number of amidine groups is 1. The van der Waals surface area contributed by atoms with E-state index in [9.17, 15) is 8.78 Å². The lowest BCUT2D eigenvalue weighted by atomic mass is 10.2. The molecule has 0 unspecified atom stereocenters. The zero-order chi connectivity index (χ0) is 18.1. The molecule has 4 N–H and O–H groups in total. The Kier molecular flexibility index (Phi) is 4.67. The van der Waals surface area contributed by atoms with Gasteiger partial charge in [0.25, 0.3) is 0 Å². The fraction of sp³-hybridized carbons (Fsp3) is 0.167. The van der Waals surface area contributed by atoms with Crippen LogP contribution in [0.5, 0.6) is 11.5 Å². The first-order valence-corrected chi connectivity index (χ1v) is 8.53. The van der Waals surface area contributed by atoms with E-state index in [4.69, 9.17) is 15.9 Å². The monoisotopic (exact) mass is 361 g/mol. The third kappa shape index (κ3) is 3.46. The summed E-state index contributed by atoms with van der Waals surface area (Å²) in [7, 11) is 0. The summed E-state index contributed by atoms with van der Waals surface area (Å²) in [6.07, 6.45) is 1.74.